The average molecular weight is 272 g/mol. The van der Waals surface area contributed by atoms with Crippen molar-refractivity contribution in [2.24, 2.45) is 0 Å². The first-order chi connectivity index (χ1) is 9.81. The van der Waals surface area contributed by atoms with Crippen LogP contribution in [0.3, 0.4) is 0 Å². The Morgan fingerprint density at radius 3 is 2.85 bits per heavy atom. The largest absolute Gasteiger partial charge is 0.366 e. The summed E-state index contributed by atoms with van der Waals surface area (Å²) in [5, 5.41) is 3.12. The van der Waals surface area contributed by atoms with Gasteiger partial charge in [0.1, 0.15) is 11.6 Å². The molecule has 2 aromatic heterocycles. The Kier molecular flexibility index (Phi) is 3.76. The van der Waals surface area contributed by atoms with Gasteiger partial charge in [-0.2, -0.15) is 4.39 Å². The lowest BCUT2D eigenvalue weighted by atomic mass is 10.2. The van der Waals surface area contributed by atoms with Crippen molar-refractivity contribution < 1.29 is 4.39 Å². The molecular weight excluding hydrogens is 255 g/mol. The van der Waals surface area contributed by atoms with Gasteiger partial charge in [-0.3, -0.25) is 0 Å². The molecule has 0 unspecified atom stereocenters. The molecule has 3 rings (SSSR count). The number of aromatic nitrogens is 2. The van der Waals surface area contributed by atoms with Crippen LogP contribution in [0.5, 0.6) is 0 Å². The molecule has 1 aliphatic rings. The van der Waals surface area contributed by atoms with Crippen LogP contribution >= 0.6 is 0 Å². The third-order valence-corrected chi connectivity index (χ3v) is 3.43. The Hall–Kier alpha value is -2.17. The highest BCUT2D eigenvalue weighted by Crippen LogP contribution is 2.18. The van der Waals surface area contributed by atoms with Crippen LogP contribution in [0.4, 0.5) is 16.0 Å². The summed E-state index contributed by atoms with van der Waals surface area (Å²) in [5.74, 6) is 1.10. The number of pyridine rings is 2. The summed E-state index contributed by atoms with van der Waals surface area (Å²) in [6.07, 6.45) is 4.29. The van der Waals surface area contributed by atoms with Crippen LogP contribution in [0.25, 0.3) is 0 Å². The van der Waals surface area contributed by atoms with Crippen LogP contribution in [-0.4, -0.2) is 23.1 Å². The molecule has 0 aromatic carbocycles. The number of nitrogens with one attached hydrogen (secondary N) is 1. The first kappa shape index (κ1) is 12.8. The lowest BCUT2D eigenvalue weighted by Gasteiger charge is -2.17. The lowest BCUT2D eigenvalue weighted by Crippen LogP contribution is -2.19. The van der Waals surface area contributed by atoms with Crippen LogP contribution in [0.2, 0.25) is 0 Å². The summed E-state index contributed by atoms with van der Waals surface area (Å²) >= 11 is 0. The van der Waals surface area contributed by atoms with E-state index in [0.717, 1.165) is 24.5 Å². The molecule has 1 aliphatic heterocycles. The van der Waals surface area contributed by atoms with Crippen molar-refractivity contribution in [3.8, 4) is 0 Å². The van der Waals surface area contributed by atoms with E-state index >= 15 is 0 Å². The standard InChI is InChI=1S/C15H17FN4/c16-13-4-3-5-14(19-13)18-11-12-6-7-17-15(10-12)20-8-1-2-9-20/h3-7,10H,1-2,8-9,11H2,(H,18,19). The van der Waals surface area contributed by atoms with Crippen LogP contribution in [-0.2, 0) is 6.54 Å². The van der Waals surface area contributed by atoms with Gasteiger partial charge in [-0.15, -0.1) is 0 Å². The lowest BCUT2D eigenvalue weighted by molar-refractivity contribution is 0.585. The molecule has 0 bridgehead atoms. The molecule has 0 atom stereocenters. The van der Waals surface area contributed by atoms with E-state index in [0.29, 0.717) is 12.4 Å². The minimum Gasteiger partial charge on any atom is -0.366 e. The van der Waals surface area contributed by atoms with Gasteiger partial charge in [-0.1, -0.05) is 6.07 Å². The highest BCUT2D eigenvalue weighted by Gasteiger charge is 2.13. The van der Waals surface area contributed by atoms with E-state index in [4.69, 9.17) is 0 Å². The first-order valence-electron chi connectivity index (χ1n) is 6.87. The van der Waals surface area contributed by atoms with Crippen molar-refractivity contribution in [3.63, 3.8) is 0 Å². The second kappa shape index (κ2) is 5.86. The van der Waals surface area contributed by atoms with Crippen molar-refractivity contribution in [1.29, 1.82) is 0 Å². The van der Waals surface area contributed by atoms with Gasteiger partial charge < -0.3 is 10.2 Å². The Labute approximate surface area is 117 Å². The number of hydrogen-bond acceptors (Lipinski definition) is 4. The van der Waals surface area contributed by atoms with Gasteiger partial charge in [0.15, 0.2) is 0 Å². The number of hydrogen-bond donors (Lipinski definition) is 1. The quantitative estimate of drug-likeness (QED) is 0.869. The van der Waals surface area contributed by atoms with E-state index in [-0.39, 0.29) is 0 Å². The monoisotopic (exact) mass is 272 g/mol. The maximum atomic E-state index is 13.0. The van der Waals surface area contributed by atoms with E-state index in [1.165, 1.54) is 18.9 Å². The molecule has 2 aromatic rings. The number of nitrogens with zero attached hydrogens (tertiary/aromatic N) is 3. The van der Waals surface area contributed by atoms with E-state index in [2.05, 4.69) is 26.3 Å². The van der Waals surface area contributed by atoms with Crippen molar-refractivity contribution in [2.45, 2.75) is 19.4 Å². The SMILES string of the molecule is Fc1cccc(NCc2ccnc(N3CCCC3)c2)n1. The Bertz CT molecular complexity index is 582. The smallest absolute Gasteiger partial charge is 0.214 e. The second-order valence-electron chi connectivity index (χ2n) is 4.92. The highest BCUT2D eigenvalue weighted by atomic mass is 19.1. The van der Waals surface area contributed by atoms with Gasteiger partial charge in [-0.25, -0.2) is 9.97 Å². The zero-order chi connectivity index (χ0) is 13.8. The van der Waals surface area contributed by atoms with Crippen molar-refractivity contribution >= 4 is 11.6 Å². The second-order valence-corrected chi connectivity index (χ2v) is 4.92. The molecule has 1 fully saturated rings. The van der Waals surface area contributed by atoms with Crippen LogP contribution in [0.15, 0.2) is 36.5 Å². The molecule has 4 nitrogen and oxygen atoms in total. The normalized spacial score (nSPS) is 14.6. The van der Waals surface area contributed by atoms with Gasteiger partial charge in [-0.05, 0) is 42.7 Å². The molecule has 1 saturated heterocycles. The van der Waals surface area contributed by atoms with Gasteiger partial charge in [0.2, 0.25) is 5.95 Å². The maximum Gasteiger partial charge on any atom is 0.214 e. The molecule has 1 N–H and O–H groups in total. The number of rotatable bonds is 4. The summed E-state index contributed by atoms with van der Waals surface area (Å²) in [6, 6.07) is 8.78. The van der Waals surface area contributed by atoms with Crippen molar-refractivity contribution in [2.75, 3.05) is 23.3 Å². The fraction of sp³-hybridized carbons (Fsp3) is 0.333. The highest BCUT2D eigenvalue weighted by molar-refractivity contribution is 5.43. The summed E-state index contributed by atoms with van der Waals surface area (Å²) in [4.78, 5) is 10.5. The van der Waals surface area contributed by atoms with Gasteiger partial charge in [0.25, 0.3) is 0 Å². The van der Waals surface area contributed by atoms with Gasteiger partial charge >= 0.3 is 0 Å². The van der Waals surface area contributed by atoms with E-state index in [1.807, 2.05) is 12.3 Å². The minimum absolute atomic E-state index is 0.470. The molecule has 0 aliphatic carbocycles. The molecule has 3 heterocycles. The van der Waals surface area contributed by atoms with Crippen molar-refractivity contribution in [1.82, 2.24) is 9.97 Å². The molecule has 0 spiro atoms. The van der Waals surface area contributed by atoms with Gasteiger partial charge in [0.05, 0.1) is 0 Å². The number of halogens is 1. The summed E-state index contributed by atoms with van der Waals surface area (Å²) in [6.45, 7) is 2.77. The van der Waals surface area contributed by atoms with E-state index in [9.17, 15) is 4.39 Å². The third kappa shape index (κ3) is 3.04. The Morgan fingerprint density at radius 2 is 2.05 bits per heavy atom. The maximum absolute atomic E-state index is 13.0. The molecular formula is C15H17FN4. The Morgan fingerprint density at radius 1 is 1.20 bits per heavy atom. The van der Waals surface area contributed by atoms with Crippen LogP contribution in [0, 0.1) is 5.95 Å². The van der Waals surface area contributed by atoms with Gasteiger partial charge in [0, 0.05) is 25.8 Å². The average Bonchev–Trinajstić information content (AvgIpc) is 3.00. The van der Waals surface area contributed by atoms with E-state index < -0.39 is 5.95 Å². The Balaban J connectivity index is 1.66. The molecule has 0 saturated carbocycles. The van der Waals surface area contributed by atoms with Crippen molar-refractivity contribution in [3.05, 3.63) is 48.0 Å². The molecule has 104 valence electrons. The van der Waals surface area contributed by atoms with Crippen LogP contribution in [0.1, 0.15) is 18.4 Å². The summed E-state index contributed by atoms with van der Waals surface area (Å²) < 4.78 is 13.0. The zero-order valence-electron chi connectivity index (χ0n) is 11.2. The fourth-order valence-corrected chi connectivity index (χ4v) is 2.39. The first-order valence-corrected chi connectivity index (χ1v) is 6.87. The third-order valence-electron chi connectivity index (χ3n) is 3.43. The van der Waals surface area contributed by atoms with Crippen LogP contribution < -0.4 is 10.2 Å². The summed E-state index contributed by atoms with van der Waals surface area (Å²) in [7, 11) is 0. The topological polar surface area (TPSA) is 41.1 Å². The summed E-state index contributed by atoms with van der Waals surface area (Å²) in [5.41, 5.74) is 1.12. The molecule has 5 heteroatoms. The fourth-order valence-electron chi connectivity index (χ4n) is 2.39. The molecule has 20 heavy (non-hydrogen) atoms. The number of anilines is 2. The molecule has 0 amide bonds. The minimum atomic E-state index is -0.470. The predicted octanol–water partition coefficient (Wildman–Crippen LogP) is 2.83. The molecule has 0 radical (unpaired) electrons. The van der Waals surface area contributed by atoms with E-state index in [1.54, 1.807) is 12.1 Å². The zero-order valence-corrected chi connectivity index (χ0v) is 11.2. The predicted molar refractivity (Wildman–Crippen MR) is 77.2 cm³/mol.